The van der Waals surface area contributed by atoms with Crippen molar-refractivity contribution in [2.45, 2.75) is 19.8 Å². The van der Waals surface area contributed by atoms with Crippen LogP contribution in [0.3, 0.4) is 0 Å². The Labute approximate surface area is 145 Å². The Bertz CT molecular complexity index is 751. The van der Waals surface area contributed by atoms with E-state index in [2.05, 4.69) is 5.32 Å². The van der Waals surface area contributed by atoms with Crippen LogP contribution in [-0.4, -0.2) is 58.9 Å². The number of carbonyl (C=O) groups is 3. The van der Waals surface area contributed by atoms with Crippen molar-refractivity contribution < 1.29 is 19.5 Å². The zero-order valence-electron chi connectivity index (χ0n) is 14.1. The Morgan fingerprint density at radius 1 is 1.24 bits per heavy atom. The summed E-state index contributed by atoms with van der Waals surface area (Å²) in [5.74, 6) is -0.886. The molecule has 132 valence electrons. The summed E-state index contributed by atoms with van der Waals surface area (Å²) in [6, 6.07) is 5.26. The number of aliphatic hydroxyl groups is 1. The van der Waals surface area contributed by atoms with Gasteiger partial charge in [-0.2, -0.15) is 0 Å². The van der Waals surface area contributed by atoms with Crippen LogP contribution in [0.5, 0.6) is 0 Å². The van der Waals surface area contributed by atoms with Gasteiger partial charge in [-0.3, -0.25) is 19.3 Å². The van der Waals surface area contributed by atoms with E-state index >= 15 is 0 Å². The molecule has 2 heterocycles. The highest BCUT2D eigenvalue weighted by molar-refractivity contribution is 6.17. The number of aryl methyl sites for hydroxylation is 1. The lowest BCUT2D eigenvalue weighted by atomic mass is 10.1. The van der Waals surface area contributed by atoms with Gasteiger partial charge in [-0.25, -0.2) is 0 Å². The molecular formula is C18H21N3O4. The fraction of sp³-hybridized carbons (Fsp3) is 0.389. The van der Waals surface area contributed by atoms with Crippen LogP contribution in [0.25, 0.3) is 0 Å². The molecule has 0 saturated carbocycles. The molecule has 1 saturated heterocycles. The highest BCUT2D eigenvalue weighted by Crippen LogP contribution is 2.23. The maximum atomic E-state index is 12.4. The summed E-state index contributed by atoms with van der Waals surface area (Å²) in [5.41, 5.74) is 2.26. The number of carbonyl (C=O) groups excluding carboxylic acids is 3. The van der Waals surface area contributed by atoms with Crippen LogP contribution in [0.1, 0.15) is 28.8 Å². The van der Waals surface area contributed by atoms with E-state index < -0.39 is 11.8 Å². The second-order valence-corrected chi connectivity index (χ2v) is 6.23. The van der Waals surface area contributed by atoms with E-state index in [0.717, 1.165) is 36.4 Å². The molecule has 2 aliphatic heterocycles. The lowest BCUT2D eigenvalue weighted by molar-refractivity contribution is -0.137. The quantitative estimate of drug-likeness (QED) is 0.775. The molecule has 0 aromatic heterocycles. The van der Waals surface area contributed by atoms with E-state index in [1.807, 2.05) is 11.8 Å². The van der Waals surface area contributed by atoms with Crippen LogP contribution in [0.15, 0.2) is 30.0 Å². The smallest absolute Gasteiger partial charge is 0.277 e. The fourth-order valence-corrected chi connectivity index (χ4v) is 3.09. The number of imide groups is 1. The predicted octanol–water partition coefficient (Wildman–Crippen LogP) is 0.888. The van der Waals surface area contributed by atoms with Crippen molar-refractivity contribution in [1.29, 1.82) is 0 Å². The Kier molecular flexibility index (Phi) is 4.85. The van der Waals surface area contributed by atoms with Gasteiger partial charge in [0.2, 0.25) is 0 Å². The van der Waals surface area contributed by atoms with Crippen molar-refractivity contribution in [3.63, 3.8) is 0 Å². The first-order valence-electron chi connectivity index (χ1n) is 8.36. The molecule has 25 heavy (non-hydrogen) atoms. The zero-order chi connectivity index (χ0) is 18.0. The number of likely N-dealkylation sites (tertiary alicyclic amines) is 1. The van der Waals surface area contributed by atoms with Crippen LogP contribution in [-0.2, 0) is 9.59 Å². The topological polar surface area (TPSA) is 90.0 Å². The molecule has 0 radical (unpaired) electrons. The monoisotopic (exact) mass is 343 g/mol. The molecule has 1 aromatic rings. The molecule has 7 nitrogen and oxygen atoms in total. The van der Waals surface area contributed by atoms with Gasteiger partial charge in [0.05, 0.1) is 13.2 Å². The number of benzene rings is 1. The van der Waals surface area contributed by atoms with Gasteiger partial charge < -0.3 is 15.3 Å². The largest absolute Gasteiger partial charge is 0.395 e. The maximum Gasteiger partial charge on any atom is 0.277 e. The molecule has 0 bridgehead atoms. The number of anilines is 1. The molecule has 3 rings (SSSR count). The predicted molar refractivity (Wildman–Crippen MR) is 91.8 cm³/mol. The number of nitrogens with one attached hydrogen (secondary N) is 1. The third-order valence-electron chi connectivity index (χ3n) is 4.47. The van der Waals surface area contributed by atoms with Gasteiger partial charge in [0.25, 0.3) is 17.7 Å². The van der Waals surface area contributed by atoms with Crippen molar-refractivity contribution in [2.24, 2.45) is 0 Å². The standard InChI is InChI=1S/C18H21N3O4/c1-12-10-13(17(24)20-6-2-3-7-20)4-5-14(12)19-15-11-16(23)21(8-9-22)18(15)25/h4-5,10-11,19,22H,2-3,6-9H2,1H3. The van der Waals surface area contributed by atoms with Crippen molar-refractivity contribution in [3.8, 4) is 0 Å². The van der Waals surface area contributed by atoms with Gasteiger partial charge in [-0.05, 0) is 43.5 Å². The lowest BCUT2D eigenvalue weighted by Gasteiger charge is -2.17. The molecule has 0 spiro atoms. The highest BCUT2D eigenvalue weighted by atomic mass is 16.3. The van der Waals surface area contributed by atoms with Crippen molar-refractivity contribution in [2.75, 3.05) is 31.6 Å². The maximum absolute atomic E-state index is 12.4. The average Bonchev–Trinajstić information content (AvgIpc) is 3.21. The number of aliphatic hydroxyl groups excluding tert-OH is 1. The fourth-order valence-electron chi connectivity index (χ4n) is 3.09. The third-order valence-corrected chi connectivity index (χ3v) is 4.47. The summed E-state index contributed by atoms with van der Waals surface area (Å²) in [7, 11) is 0. The first kappa shape index (κ1) is 17.2. The number of hydrogen-bond acceptors (Lipinski definition) is 5. The number of hydrogen-bond donors (Lipinski definition) is 2. The Hall–Kier alpha value is -2.67. The van der Waals surface area contributed by atoms with Crippen molar-refractivity contribution >= 4 is 23.4 Å². The highest BCUT2D eigenvalue weighted by Gasteiger charge is 2.30. The second kappa shape index (κ2) is 7.06. The van der Waals surface area contributed by atoms with Crippen LogP contribution in [0.2, 0.25) is 0 Å². The van der Waals surface area contributed by atoms with E-state index in [0.29, 0.717) is 11.3 Å². The molecule has 2 aliphatic rings. The van der Waals surface area contributed by atoms with Gasteiger partial charge in [0.15, 0.2) is 0 Å². The van der Waals surface area contributed by atoms with Gasteiger partial charge in [-0.1, -0.05) is 0 Å². The van der Waals surface area contributed by atoms with E-state index in [9.17, 15) is 14.4 Å². The average molecular weight is 343 g/mol. The van der Waals surface area contributed by atoms with Gasteiger partial charge in [0.1, 0.15) is 5.70 Å². The van der Waals surface area contributed by atoms with E-state index in [4.69, 9.17) is 5.11 Å². The minimum atomic E-state index is -0.462. The summed E-state index contributed by atoms with van der Waals surface area (Å²) in [5, 5.41) is 11.9. The third kappa shape index (κ3) is 3.41. The zero-order valence-corrected chi connectivity index (χ0v) is 14.1. The molecule has 1 fully saturated rings. The minimum absolute atomic E-state index is 0.0209. The molecule has 2 N–H and O–H groups in total. The number of amides is 3. The minimum Gasteiger partial charge on any atom is -0.395 e. The van der Waals surface area contributed by atoms with Gasteiger partial charge in [-0.15, -0.1) is 0 Å². The molecule has 0 unspecified atom stereocenters. The van der Waals surface area contributed by atoms with Crippen LogP contribution >= 0.6 is 0 Å². The van der Waals surface area contributed by atoms with Crippen LogP contribution in [0.4, 0.5) is 5.69 Å². The molecular weight excluding hydrogens is 322 g/mol. The summed E-state index contributed by atoms with van der Waals surface area (Å²) in [6.45, 7) is 3.13. The summed E-state index contributed by atoms with van der Waals surface area (Å²) in [6.07, 6.45) is 3.30. The molecule has 3 amide bonds. The SMILES string of the molecule is Cc1cc(C(=O)N2CCCC2)ccc1NC1=CC(=O)N(CCO)C1=O. The Morgan fingerprint density at radius 2 is 1.96 bits per heavy atom. The van der Waals surface area contributed by atoms with Crippen LogP contribution < -0.4 is 5.32 Å². The Morgan fingerprint density at radius 3 is 2.60 bits per heavy atom. The van der Waals surface area contributed by atoms with Gasteiger partial charge in [0, 0.05) is 30.4 Å². The van der Waals surface area contributed by atoms with E-state index in [1.54, 1.807) is 18.2 Å². The number of β-amino-alcohol motifs (C(OH)–C–C–N with tert-alkyl or cyclic N) is 1. The van der Waals surface area contributed by atoms with Gasteiger partial charge >= 0.3 is 0 Å². The Balaban J connectivity index is 1.74. The lowest BCUT2D eigenvalue weighted by Crippen LogP contribution is -2.34. The first-order valence-corrected chi connectivity index (χ1v) is 8.36. The van der Waals surface area contributed by atoms with E-state index in [1.165, 1.54) is 6.08 Å². The molecule has 7 heteroatoms. The number of rotatable bonds is 5. The first-order chi connectivity index (χ1) is 12.0. The van der Waals surface area contributed by atoms with Crippen molar-refractivity contribution in [3.05, 3.63) is 41.1 Å². The van der Waals surface area contributed by atoms with E-state index in [-0.39, 0.29) is 24.8 Å². The summed E-state index contributed by atoms with van der Waals surface area (Å²) >= 11 is 0. The summed E-state index contributed by atoms with van der Waals surface area (Å²) < 4.78 is 0. The van der Waals surface area contributed by atoms with Crippen LogP contribution in [0, 0.1) is 6.92 Å². The summed E-state index contributed by atoms with van der Waals surface area (Å²) in [4.78, 5) is 39.2. The molecule has 0 aliphatic carbocycles. The molecule has 0 atom stereocenters. The molecule has 1 aromatic carbocycles. The number of nitrogens with zero attached hydrogens (tertiary/aromatic N) is 2. The second-order valence-electron chi connectivity index (χ2n) is 6.23. The normalized spacial score (nSPS) is 17.3. The van der Waals surface area contributed by atoms with Crippen molar-refractivity contribution in [1.82, 2.24) is 9.80 Å².